The first kappa shape index (κ1) is 12.3. The minimum absolute atomic E-state index is 0.0614. The Bertz CT molecular complexity index is 633. The molecule has 98 valence electrons. The second-order valence-corrected chi connectivity index (χ2v) is 5.21. The predicted octanol–water partition coefficient (Wildman–Crippen LogP) is 3.84. The second-order valence-electron chi connectivity index (χ2n) is 4.35. The number of phenolic OH excluding ortho intramolecular Hbond substituents is 1. The zero-order chi connectivity index (χ0) is 13.4. The molecule has 1 heterocycles. The van der Waals surface area contributed by atoms with Crippen molar-refractivity contribution in [2.45, 2.75) is 6.04 Å². The van der Waals surface area contributed by atoms with Crippen LogP contribution in [0.4, 0.5) is 10.1 Å². The minimum atomic E-state index is -0.296. The van der Waals surface area contributed by atoms with Crippen molar-refractivity contribution in [1.82, 2.24) is 0 Å². The van der Waals surface area contributed by atoms with Crippen molar-refractivity contribution in [2.24, 2.45) is 0 Å². The molecule has 2 aromatic rings. The zero-order valence-corrected chi connectivity index (χ0v) is 11.4. The Morgan fingerprint density at radius 2 is 2.11 bits per heavy atom. The average molecular weight is 324 g/mol. The molecule has 0 fully saturated rings. The molecule has 0 amide bonds. The SMILES string of the molecule is Oc1ccc2c(c1)OCC2Nc1cc(F)ccc1Br. The van der Waals surface area contributed by atoms with Crippen LogP contribution < -0.4 is 10.1 Å². The Hall–Kier alpha value is -1.75. The Kier molecular flexibility index (Phi) is 3.06. The van der Waals surface area contributed by atoms with Crippen LogP contribution in [0.5, 0.6) is 11.5 Å². The molecule has 1 atom stereocenters. The summed E-state index contributed by atoms with van der Waals surface area (Å²) >= 11 is 3.38. The quantitative estimate of drug-likeness (QED) is 0.882. The highest BCUT2D eigenvalue weighted by Crippen LogP contribution is 2.37. The first-order valence-corrected chi connectivity index (χ1v) is 6.60. The minimum Gasteiger partial charge on any atom is -0.508 e. The highest BCUT2D eigenvalue weighted by molar-refractivity contribution is 9.10. The van der Waals surface area contributed by atoms with Crippen LogP contribution in [0.1, 0.15) is 11.6 Å². The largest absolute Gasteiger partial charge is 0.508 e. The maximum absolute atomic E-state index is 13.2. The predicted molar refractivity (Wildman–Crippen MR) is 74.1 cm³/mol. The molecule has 5 heteroatoms. The van der Waals surface area contributed by atoms with Gasteiger partial charge in [0.1, 0.15) is 23.9 Å². The number of halogens is 2. The fraction of sp³-hybridized carbons (Fsp3) is 0.143. The van der Waals surface area contributed by atoms with Gasteiger partial charge in [0, 0.05) is 16.1 Å². The molecule has 0 bridgehead atoms. The van der Waals surface area contributed by atoms with Crippen LogP contribution >= 0.6 is 15.9 Å². The van der Waals surface area contributed by atoms with Crippen molar-refractivity contribution in [3.05, 3.63) is 52.3 Å². The van der Waals surface area contributed by atoms with Gasteiger partial charge in [0.15, 0.2) is 0 Å². The van der Waals surface area contributed by atoms with Gasteiger partial charge in [-0.05, 0) is 46.3 Å². The van der Waals surface area contributed by atoms with Gasteiger partial charge in [-0.1, -0.05) is 0 Å². The van der Waals surface area contributed by atoms with E-state index in [1.807, 2.05) is 6.07 Å². The summed E-state index contributed by atoms with van der Waals surface area (Å²) in [4.78, 5) is 0. The number of hydrogen-bond acceptors (Lipinski definition) is 3. The van der Waals surface area contributed by atoms with E-state index in [4.69, 9.17) is 4.74 Å². The molecule has 0 aliphatic carbocycles. The van der Waals surface area contributed by atoms with Gasteiger partial charge in [-0.15, -0.1) is 0 Å². The fourth-order valence-corrected chi connectivity index (χ4v) is 2.48. The highest BCUT2D eigenvalue weighted by Gasteiger charge is 2.24. The van der Waals surface area contributed by atoms with E-state index < -0.39 is 0 Å². The number of ether oxygens (including phenoxy) is 1. The van der Waals surface area contributed by atoms with E-state index in [0.717, 1.165) is 10.0 Å². The van der Waals surface area contributed by atoms with Gasteiger partial charge < -0.3 is 15.2 Å². The smallest absolute Gasteiger partial charge is 0.128 e. The van der Waals surface area contributed by atoms with Gasteiger partial charge in [-0.2, -0.15) is 0 Å². The molecule has 0 aromatic heterocycles. The van der Waals surface area contributed by atoms with Crippen LogP contribution in [-0.4, -0.2) is 11.7 Å². The molecule has 0 spiro atoms. The van der Waals surface area contributed by atoms with Gasteiger partial charge in [0.25, 0.3) is 0 Å². The molecule has 0 saturated carbocycles. The summed E-state index contributed by atoms with van der Waals surface area (Å²) < 4.78 is 19.5. The maximum atomic E-state index is 13.2. The number of aromatic hydroxyl groups is 1. The Morgan fingerprint density at radius 1 is 1.26 bits per heavy atom. The second kappa shape index (κ2) is 4.74. The summed E-state index contributed by atoms with van der Waals surface area (Å²) in [5, 5.41) is 12.6. The van der Waals surface area contributed by atoms with Gasteiger partial charge in [0.2, 0.25) is 0 Å². The van der Waals surface area contributed by atoms with Gasteiger partial charge >= 0.3 is 0 Å². The van der Waals surface area contributed by atoms with Crippen molar-refractivity contribution in [2.75, 3.05) is 11.9 Å². The van der Waals surface area contributed by atoms with Crippen LogP contribution in [-0.2, 0) is 0 Å². The third-order valence-corrected chi connectivity index (χ3v) is 3.73. The van der Waals surface area contributed by atoms with Crippen LogP contribution in [0.3, 0.4) is 0 Å². The molecule has 0 saturated heterocycles. The van der Waals surface area contributed by atoms with Crippen LogP contribution in [0.2, 0.25) is 0 Å². The van der Waals surface area contributed by atoms with E-state index in [-0.39, 0.29) is 17.6 Å². The lowest BCUT2D eigenvalue weighted by Gasteiger charge is -2.14. The van der Waals surface area contributed by atoms with E-state index in [1.165, 1.54) is 12.1 Å². The van der Waals surface area contributed by atoms with E-state index in [9.17, 15) is 9.50 Å². The molecule has 1 aliphatic heterocycles. The Labute approximate surface area is 118 Å². The molecular formula is C14H11BrFNO2. The van der Waals surface area contributed by atoms with Gasteiger partial charge in [0.05, 0.1) is 11.7 Å². The number of hydrogen-bond donors (Lipinski definition) is 2. The summed E-state index contributed by atoms with van der Waals surface area (Å²) in [7, 11) is 0. The number of nitrogens with one attached hydrogen (secondary N) is 1. The van der Waals surface area contributed by atoms with E-state index in [2.05, 4.69) is 21.2 Å². The third kappa shape index (κ3) is 2.38. The zero-order valence-electron chi connectivity index (χ0n) is 9.86. The molecule has 2 N–H and O–H groups in total. The lowest BCUT2D eigenvalue weighted by molar-refractivity contribution is 0.338. The van der Waals surface area contributed by atoms with Crippen molar-refractivity contribution in [1.29, 1.82) is 0 Å². The molecule has 0 radical (unpaired) electrons. The van der Waals surface area contributed by atoms with Crippen LogP contribution in [0.25, 0.3) is 0 Å². The molecule has 3 nitrogen and oxygen atoms in total. The summed E-state index contributed by atoms with van der Waals surface area (Å²) in [5.74, 6) is 0.534. The molecule has 2 aromatic carbocycles. The monoisotopic (exact) mass is 323 g/mol. The van der Waals surface area contributed by atoms with E-state index in [1.54, 1.807) is 18.2 Å². The van der Waals surface area contributed by atoms with E-state index >= 15 is 0 Å². The topological polar surface area (TPSA) is 41.5 Å². The van der Waals surface area contributed by atoms with Gasteiger partial charge in [-0.3, -0.25) is 0 Å². The number of fused-ring (bicyclic) bond motifs is 1. The van der Waals surface area contributed by atoms with Crippen molar-refractivity contribution in [3.8, 4) is 11.5 Å². The summed E-state index contributed by atoms with van der Waals surface area (Å²) in [6.45, 7) is 0.446. The number of rotatable bonds is 2. The normalized spacial score (nSPS) is 16.8. The number of anilines is 1. The van der Waals surface area contributed by atoms with E-state index in [0.29, 0.717) is 18.0 Å². The highest BCUT2D eigenvalue weighted by atomic mass is 79.9. The molecule has 1 unspecified atom stereocenters. The van der Waals surface area contributed by atoms with Crippen molar-refractivity contribution >= 4 is 21.6 Å². The fourth-order valence-electron chi connectivity index (χ4n) is 2.11. The Balaban J connectivity index is 1.88. The molecule has 3 rings (SSSR count). The molecule has 1 aliphatic rings. The van der Waals surface area contributed by atoms with Crippen molar-refractivity contribution < 1.29 is 14.2 Å². The lowest BCUT2D eigenvalue weighted by Crippen LogP contribution is -2.12. The molecule has 19 heavy (non-hydrogen) atoms. The first-order chi connectivity index (χ1) is 9.13. The van der Waals surface area contributed by atoms with Crippen LogP contribution in [0, 0.1) is 5.82 Å². The van der Waals surface area contributed by atoms with Crippen molar-refractivity contribution in [3.63, 3.8) is 0 Å². The lowest BCUT2D eigenvalue weighted by atomic mass is 10.1. The maximum Gasteiger partial charge on any atom is 0.128 e. The summed E-state index contributed by atoms with van der Waals surface area (Å²) in [6.07, 6.45) is 0. The number of benzene rings is 2. The number of phenols is 1. The average Bonchev–Trinajstić information content (AvgIpc) is 2.76. The Morgan fingerprint density at radius 3 is 2.95 bits per heavy atom. The first-order valence-electron chi connectivity index (χ1n) is 5.81. The standard InChI is InChI=1S/C14H11BrFNO2/c15-11-4-1-8(16)5-12(11)17-13-7-19-14-6-9(18)2-3-10(13)14/h1-6,13,17-18H,7H2. The van der Waals surface area contributed by atoms with Crippen LogP contribution in [0.15, 0.2) is 40.9 Å². The third-order valence-electron chi connectivity index (χ3n) is 3.04. The molecular weight excluding hydrogens is 313 g/mol. The van der Waals surface area contributed by atoms with Gasteiger partial charge in [-0.25, -0.2) is 4.39 Å². The summed E-state index contributed by atoms with van der Waals surface area (Å²) in [6, 6.07) is 9.43. The summed E-state index contributed by atoms with van der Waals surface area (Å²) in [5.41, 5.74) is 1.63.